The summed E-state index contributed by atoms with van der Waals surface area (Å²) in [6.45, 7) is 10.6. The van der Waals surface area contributed by atoms with Crippen LogP contribution in [0.1, 0.15) is 43.6 Å². The Morgan fingerprint density at radius 3 is 2.70 bits per heavy atom. The lowest BCUT2D eigenvalue weighted by molar-refractivity contribution is 0.211. The first-order valence-electron chi connectivity index (χ1n) is 14.1. The second-order valence-corrected chi connectivity index (χ2v) is 9.89. The molecule has 1 fully saturated rings. The number of likely N-dealkylation sites (tertiary alicyclic amines) is 1. The molecular weight excluding hydrogens is 542 g/mol. The monoisotopic (exact) mass is 579 g/mol. The van der Waals surface area contributed by atoms with E-state index in [4.69, 9.17) is 16.0 Å². The first-order valence-corrected chi connectivity index (χ1v) is 14.1. The van der Waals surface area contributed by atoms with Crippen LogP contribution in [-0.2, 0) is 6.54 Å². The summed E-state index contributed by atoms with van der Waals surface area (Å²) in [6, 6.07) is 15.9. The standard InChI is InChI=1S/C30H37N13/c1-4-34-21-43(30(26-6-5-14-36-29(26)32)38-22(2)19-37-41-33-3)25-9-7-23(8-10-25)20-42-16-12-24(13-17-42)39-27-11-15-35-28(18-31)40-27/h5-11,14-15,19,21-22,24,41H,3-4,12-13,16-17,20H2,1-2H3,(H2,32,36)(H,35,39,40)/b34-21?,37-19-,38-30?/t22-/m0/s1. The molecule has 0 bridgehead atoms. The third-order valence-electron chi connectivity index (χ3n) is 6.75. The second-order valence-electron chi connectivity index (χ2n) is 9.89. The van der Waals surface area contributed by atoms with Gasteiger partial charge in [0.2, 0.25) is 5.82 Å². The zero-order valence-corrected chi connectivity index (χ0v) is 24.5. The topological polar surface area (TPSA) is 168 Å². The summed E-state index contributed by atoms with van der Waals surface area (Å²) in [6.07, 6.45) is 8.63. The SMILES string of the molecule is C=NN/N=C\[C@H](C)N=C(c1cccnc1N)N(C=NCC)c1ccc(CN2CCC(Nc3ccnc(C#N)n3)CC2)cc1. The molecule has 1 aliphatic heterocycles. The van der Waals surface area contributed by atoms with Gasteiger partial charge < -0.3 is 11.1 Å². The first-order chi connectivity index (χ1) is 21.0. The van der Waals surface area contributed by atoms with E-state index < -0.39 is 0 Å². The van der Waals surface area contributed by atoms with Crippen molar-refractivity contribution in [3.63, 3.8) is 0 Å². The minimum absolute atomic E-state index is 0.175. The van der Waals surface area contributed by atoms with Gasteiger partial charge in [-0.25, -0.2) is 15.0 Å². The highest BCUT2D eigenvalue weighted by Gasteiger charge is 2.21. The molecule has 0 amide bonds. The third-order valence-corrected chi connectivity index (χ3v) is 6.75. The number of hydrogen-bond acceptors (Lipinski definition) is 12. The van der Waals surface area contributed by atoms with Gasteiger partial charge in [0.1, 0.15) is 23.5 Å². The number of nitriles is 1. The van der Waals surface area contributed by atoms with E-state index >= 15 is 0 Å². The molecule has 4 N–H and O–H groups in total. The number of aliphatic imine (C=N–C) groups is 2. The van der Waals surface area contributed by atoms with E-state index in [0.717, 1.165) is 38.2 Å². The molecule has 1 saturated heterocycles. The van der Waals surface area contributed by atoms with Crippen molar-refractivity contribution in [3.05, 3.63) is 71.8 Å². The van der Waals surface area contributed by atoms with Gasteiger partial charge in [0.25, 0.3) is 0 Å². The Balaban J connectivity index is 1.47. The zero-order valence-electron chi connectivity index (χ0n) is 24.5. The van der Waals surface area contributed by atoms with Crippen molar-refractivity contribution in [2.75, 3.05) is 35.6 Å². The molecule has 3 aromatic rings. The lowest BCUT2D eigenvalue weighted by Gasteiger charge is -2.32. The number of anilines is 3. The highest BCUT2D eigenvalue weighted by atomic mass is 15.5. The minimum Gasteiger partial charge on any atom is -0.383 e. The van der Waals surface area contributed by atoms with Crippen molar-refractivity contribution in [1.29, 1.82) is 5.26 Å². The van der Waals surface area contributed by atoms with E-state index in [-0.39, 0.29) is 11.9 Å². The van der Waals surface area contributed by atoms with Crippen molar-refractivity contribution < 1.29 is 0 Å². The molecule has 1 atom stereocenters. The molecular formula is C30H37N13. The van der Waals surface area contributed by atoms with Crippen LogP contribution in [0.25, 0.3) is 0 Å². The van der Waals surface area contributed by atoms with Gasteiger partial charge in [-0.3, -0.25) is 19.8 Å². The van der Waals surface area contributed by atoms with E-state index in [1.807, 2.05) is 36.9 Å². The predicted molar refractivity (Wildman–Crippen MR) is 172 cm³/mol. The average molecular weight is 580 g/mol. The van der Waals surface area contributed by atoms with E-state index in [0.29, 0.717) is 35.6 Å². The summed E-state index contributed by atoms with van der Waals surface area (Å²) in [7, 11) is 0. The maximum atomic E-state index is 9.05. The second kappa shape index (κ2) is 15.7. The summed E-state index contributed by atoms with van der Waals surface area (Å²) >= 11 is 0. The number of benzene rings is 1. The predicted octanol–water partition coefficient (Wildman–Crippen LogP) is 3.28. The largest absolute Gasteiger partial charge is 0.383 e. The molecule has 4 rings (SSSR count). The number of piperidine rings is 1. The molecule has 3 heterocycles. The Labute approximate surface area is 252 Å². The van der Waals surface area contributed by atoms with E-state index in [1.54, 1.807) is 31.0 Å². The van der Waals surface area contributed by atoms with Gasteiger partial charge in [-0.05, 0) is 62.6 Å². The Kier molecular flexibility index (Phi) is 11.2. The van der Waals surface area contributed by atoms with Crippen molar-refractivity contribution >= 4 is 42.4 Å². The Bertz CT molecular complexity index is 1470. The van der Waals surface area contributed by atoms with Crippen LogP contribution in [0.15, 0.2) is 75.0 Å². The average Bonchev–Trinajstić information content (AvgIpc) is 3.03. The Morgan fingerprint density at radius 2 is 2.00 bits per heavy atom. The van der Waals surface area contributed by atoms with Crippen LogP contribution in [0.3, 0.4) is 0 Å². The minimum atomic E-state index is -0.305. The van der Waals surface area contributed by atoms with E-state index in [2.05, 4.69) is 76.9 Å². The van der Waals surface area contributed by atoms with Gasteiger partial charge in [-0.2, -0.15) is 21.0 Å². The third kappa shape index (κ3) is 8.88. The van der Waals surface area contributed by atoms with Gasteiger partial charge in [-0.15, -0.1) is 0 Å². The van der Waals surface area contributed by atoms with Gasteiger partial charge in [-0.1, -0.05) is 12.1 Å². The number of hydrogen-bond donors (Lipinski definition) is 3. The van der Waals surface area contributed by atoms with Crippen LogP contribution in [0.4, 0.5) is 17.3 Å². The molecule has 0 aliphatic carbocycles. The number of rotatable bonds is 12. The smallest absolute Gasteiger partial charge is 0.234 e. The molecule has 0 radical (unpaired) electrons. The fourth-order valence-corrected chi connectivity index (χ4v) is 4.64. The first kappa shape index (κ1) is 30.7. The number of pyridine rings is 1. The van der Waals surface area contributed by atoms with Crippen LogP contribution < -0.4 is 21.5 Å². The number of nitrogens with zero attached hydrogens (tertiary/aromatic N) is 10. The summed E-state index contributed by atoms with van der Waals surface area (Å²) in [4.78, 5) is 26.3. The van der Waals surface area contributed by atoms with Gasteiger partial charge in [0.15, 0.2) is 0 Å². The normalized spacial score (nSPS) is 15.3. The Hall–Kier alpha value is -5.22. The molecule has 222 valence electrons. The number of nitrogen functional groups attached to an aromatic ring is 1. The fourth-order valence-electron chi connectivity index (χ4n) is 4.64. The molecule has 1 aromatic carbocycles. The molecule has 13 heteroatoms. The van der Waals surface area contributed by atoms with E-state index in [1.165, 1.54) is 5.56 Å². The fraction of sp³-hybridized carbons (Fsp3) is 0.333. The maximum absolute atomic E-state index is 9.05. The van der Waals surface area contributed by atoms with Crippen molar-refractivity contribution in [2.45, 2.75) is 45.3 Å². The highest BCUT2D eigenvalue weighted by Crippen LogP contribution is 2.23. The Morgan fingerprint density at radius 1 is 1.21 bits per heavy atom. The van der Waals surface area contributed by atoms with Crippen LogP contribution in [0.2, 0.25) is 0 Å². The number of nitrogens with one attached hydrogen (secondary N) is 2. The molecule has 0 saturated carbocycles. The number of amidine groups is 1. The highest BCUT2D eigenvalue weighted by molar-refractivity contribution is 6.21. The van der Waals surface area contributed by atoms with Crippen molar-refractivity contribution in [2.24, 2.45) is 20.2 Å². The summed E-state index contributed by atoms with van der Waals surface area (Å²) < 4.78 is 0. The van der Waals surface area contributed by atoms with Gasteiger partial charge >= 0.3 is 0 Å². The lowest BCUT2D eigenvalue weighted by Crippen LogP contribution is -2.38. The van der Waals surface area contributed by atoms with E-state index in [9.17, 15) is 0 Å². The molecule has 1 aliphatic rings. The van der Waals surface area contributed by atoms with Crippen LogP contribution >= 0.6 is 0 Å². The molecule has 2 aromatic heterocycles. The zero-order chi connectivity index (χ0) is 30.4. The molecule has 43 heavy (non-hydrogen) atoms. The van der Waals surface area contributed by atoms with Gasteiger partial charge in [0.05, 0.1) is 24.2 Å². The van der Waals surface area contributed by atoms with Crippen molar-refractivity contribution in [3.8, 4) is 6.07 Å². The number of nitrogens with two attached hydrogens (primary N) is 1. The maximum Gasteiger partial charge on any atom is 0.234 e. The van der Waals surface area contributed by atoms with Crippen molar-refractivity contribution in [1.82, 2.24) is 25.4 Å². The summed E-state index contributed by atoms with van der Waals surface area (Å²) in [5.74, 6) is 1.83. The lowest BCUT2D eigenvalue weighted by atomic mass is 10.0. The number of aromatic nitrogens is 3. The number of hydrazone groups is 2. The van der Waals surface area contributed by atoms with Gasteiger partial charge in [0, 0.05) is 57.0 Å². The molecule has 0 unspecified atom stereocenters. The molecule has 13 nitrogen and oxygen atoms in total. The van der Waals surface area contributed by atoms with Crippen LogP contribution in [0.5, 0.6) is 0 Å². The quantitative estimate of drug-likeness (QED) is 0.166. The van der Waals surface area contributed by atoms with Crippen LogP contribution in [-0.4, -0.2) is 76.7 Å². The summed E-state index contributed by atoms with van der Waals surface area (Å²) in [5.41, 5.74) is 11.6. The van der Waals surface area contributed by atoms with Crippen LogP contribution in [0, 0.1) is 11.3 Å². The molecule has 0 spiro atoms. The summed E-state index contributed by atoms with van der Waals surface area (Å²) in [5, 5.41) is 20.0.